The standard InChI is InChI=1S/C21H17BrN2O4/c22-14-4-1-2-6-16(14)26-11-12-8-9-18(27-12)19-13(10-23)21(24)28-17-7-3-5-15(25)20(17)19/h1-2,4,6,8-9,19H,3,5,7,11,24H2/t19-/m0/s1. The van der Waals surface area contributed by atoms with Crippen molar-refractivity contribution in [3.05, 3.63) is 75.2 Å². The molecule has 0 fully saturated rings. The average Bonchev–Trinajstić information content (AvgIpc) is 3.15. The number of nitrogens with zero attached hydrogens (tertiary/aromatic N) is 1. The van der Waals surface area contributed by atoms with Crippen LogP contribution in [0, 0.1) is 11.3 Å². The molecule has 1 aromatic carbocycles. The van der Waals surface area contributed by atoms with Crippen LogP contribution < -0.4 is 10.5 Å². The summed E-state index contributed by atoms with van der Waals surface area (Å²) >= 11 is 3.44. The Morgan fingerprint density at radius 1 is 1.25 bits per heavy atom. The zero-order valence-corrected chi connectivity index (χ0v) is 16.5. The molecule has 4 rings (SSSR count). The number of para-hydroxylation sites is 1. The maximum atomic E-state index is 12.6. The van der Waals surface area contributed by atoms with Crippen LogP contribution in [-0.4, -0.2) is 5.78 Å². The Morgan fingerprint density at radius 2 is 2.07 bits per heavy atom. The first-order valence-electron chi connectivity index (χ1n) is 8.88. The highest BCUT2D eigenvalue weighted by Gasteiger charge is 2.39. The molecule has 0 unspecified atom stereocenters. The summed E-state index contributed by atoms with van der Waals surface area (Å²) in [5.74, 6) is 1.66. The van der Waals surface area contributed by atoms with Gasteiger partial charge in [0.25, 0.3) is 0 Å². The van der Waals surface area contributed by atoms with Gasteiger partial charge < -0.3 is 19.6 Å². The molecule has 1 aliphatic carbocycles. The van der Waals surface area contributed by atoms with Crippen LogP contribution in [0.1, 0.15) is 36.7 Å². The highest BCUT2D eigenvalue weighted by atomic mass is 79.9. The van der Waals surface area contributed by atoms with E-state index in [1.165, 1.54) is 0 Å². The van der Waals surface area contributed by atoms with Gasteiger partial charge in [-0.1, -0.05) is 12.1 Å². The van der Waals surface area contributed by atoms with Crippen LogP contribution in [0.15, 0.2) is 68.1 Å². The number of hydrogen-bond acceptors (Lipinski definition) is 6. The van der Waals surface area contributed by atoms with Crippen LogP contribution in [-0.2, 0) is 16.1 Å². The Kier molecular flexibility index (Phi) is 4.97. The molecule has 28 heavy (non-hydrogen) atoms. The molecule has 1 aliphatic heterocycles. The van der Waals surface area contributed by atoms with Gasteiger partial charge in [-0.2, -0.15) is 5.26 Å². The topological polar surface area (TPSA) is 98.5 Å². The van der Waals surface area contributed by atoms with Crippen LogP contribution in [0.25, 0.3) is 0 Å². The van der Waals surface area contributed by atoms with Crippen LogP contribution in [0.5, 0.6) is 5.75 Å². The number of halogens is 1. The molecular weight excluding hydrogens is 424 g/mol. The van der Waals surface area contributed by atoms with E-state index in [1.54, 1.807) is 12.1 Å². The molecule has 2 N–H and O–H groups in total. The van der Waals surface area contributed by atoms with Crippen LogP contribution in [0.4, 0.5) is 0 Å². The van der Waals surface area contributed by atoms with E-state index in [-0.39, 0.29) is 23.8 Å². The molecule has 7 heteroatoms. The fourth-order valence-corrected chi connectivity index (χ4v) is 3.88. The van der Waals surface area contributed by atoms with Gasteiger partial charge in [0, 0.05) is 18.4 Å². The summed E-state index contributed by atoms with van der Waals surface area (Å²) < 4.78 is 18.1. The minimum atomic E-state index is -0.640. The lowest BCUT2D eigenvalue weighted by atomic mass is 9.80. The second-order valence-electron chi connectivity index (χ2n) is 6.56. The minimum absolute atomic E-state index is 0.0309. The number of allylic oxidation sites excluding steroid dienone is 3. The van der Waals surface area contributed by atoms with Crippen LogP contribution in [0.3, 0.4) is 0 Å². The van der Waals surface area contributed by atoms with Gasteiger partial charge in [-0.05, 0) is 46.6 Å². The average molecular weight is 441 g/mol. The lowest BCUT2D eigenvalue weighted by molar-refractivity contribution is -0.116. The summed E-state index contributed by atoms with van der Waals surface area (Å²) in [5.41, 5.74) is 6.62. The van der Waals surface area contributed by atoms with E-state index in [2.05, 4.69) is 22.0 Å². The number of rotatable bonds is 4. The third-order valence-corrected chi connectivity index (χ3v) is 5.43. The largest absolute Gasteiger partial charge is 0.484 e. The zero-order chi connectivity index (χ0) is 19.7. The van der Waals surface area contributed by atoms with Crippen molar-refractivity contribution < 1.29 is 18.7 Å². The third-order valence-electron chi connectivity index (χ3n) is 4.78. The Morgan fingerprint density at radius 3 is 2.86 bits per heavy atom. The summed E-state index contributed by atoms with van der Waals surface area (Å²) in [4.78, 5) is 12.6. The third kappa shape index (κ3) is 3.32. The van der Waals surface area contributed by atoms with Crippen molar-refractivity contribution >= 4 is 21.7 Å². The van der Waals surface area contributed by atoms with Crippen molar-refractivity contribution in [3.63, 3.8) is 0 Å². The molecule has 0 saturated heterocycles. The lowest BCUT2D eigenvalue weighted by Crippen LogP contribution is -2.27. The number of carbonyl (C=O) groups is 1. The number of carbonyl (C=O) groups excluding carboxylic acids is 1. The molecule has 2 aliphatic rings. The predicted octanol–water partition coefficient (Wildman–Crippen LogP) is 4.44. The van der Waals surface area contributed by atoms with E-state index >= 15 is 0 Å². The fraction of sp³-hybridized carbons (Fsp3) is 0.238. The van der Waals surface area contributed by atoms with Crippen molar-refractivity contribution in [2.24, 2.45) is 5.73 Å². The quantitative estimate of drug-likeness (QED) is 0.754. The second kappa shape index (κ2) is 7.56. The molecule has 6 nitrogen and oxygen atoms in total. The molecule has 2 aromatic rings. The van der Waals surface area contributed by atoms with Gasteiger partial charge in [0.05, 0.1) is 10.4 Å². The SMILES string of the molecule is N#CC1=C(N)OC2=C(C(=O)CCC2)[C@@H]1c1ccc(COc2ccccc2Br)o1. The second-order valence-corrected chi connectivity index (χ2v) is 7.42. The number of Topliss-reactive ketones (excluding diaryl/α,β-unsaturated/α-hetero) is 1. The van der Waals surface area contributed by atoms with Crippen molar-refractivity contribution in [2.45, 2.75) is 31.8 Å². The summed E-state index contributed by atoms with van der Waals surface area (Å²) in [6.07, 6.45) is 1.76. The Balaban J connectivity index is 1.63. The first kappa shape index (κ1) is 18.4. The minimum Gasteiger partial charge on any atom is -0.484 e. The lowest BCUT2D eigenvalue weighted by Gasteiger charge is -2.29. The van der Waals surface area contributed by atoms with Crippen LogP contribution in [0.2, 0.25) is 0 Å². The number of nitrogens with two attached hydrogens (primary N) is 1. The van der Waals surface area contributed by atoms with Gasteiger partial charge in [-0.3, -0.25) is 4.79 Å². The molecule has 0 amide bonds. The first-order valence-corrected chi connectivity index (χ1v) is 9.67. The molecular formula is C21H17BrN2O4. The van der Waals surface area contributed by atoms with Gasteiger partial charge in [0.1, 0.15) is 41.3 Å². The van der Waals surface area contributed by atoms with E-state index in [4.69, 9.17) is 19.6 Å². The summed E-state index contributed by atoms with van der Waals surface area (Å²) in [6.45, 7) is 0.215. The molecule has 1 aromatic heterocycles. The molecule has 0 radical (unpaired) electrons. The Labute approximate surface area is 170 Å². The Bertz CT molecular complexity index is 1040. The summed E-state index contributed by atoms with van der Waals surface area (Å²) in [7, 11) is 0. The molecule has 2 heterocycles. The smallest absolute Gasteiger partial charge is 0.205 e. The van der Waals surface area contributed by atoms with E-state index in [0.29, 0.717) is 47.9 Å². The van der Waals surface area contributed by atoms with Crippen molar-refractivity contribution in [1.82, 2.24) is 0 Å². The van der Waals surface area contributed by atoms with Gasteiger partial charge in [-0.25, -0.2) is 0 Å². The Hall–Kier alpha value is -2.98. The maximum Gasteiger partial charge on any atom is 0.205 e. The van der Waals surface area contributed by atoms with Gasteiger partial charge in [0.15, 0.2) is 5.78 Å². The number of furan rings is 1. The van der Waals surface area contributed by atoms with E-state index in [0.717, 1.165) is 4.47 Å². The van der Waals surface area contributed by atoms with Crippen molar-refractivity contribution in [3.8, 4) is 11.8 Å². The van der Waals surface area contributed by atoms with Crippen molar-refractivity contribution in [1.29, 1.82) is 5.26 Å². The summed E-state index contributed by atoms with van der Waals surface area (Å²) in [5, 5.41) is 9.59. The number of ether oxygens (including phenoxy) is 2. The number of hydrogen-bond donors (Lipinski definition) is 1. The fourth-order valence-electron chi connectivity index (χ4n) is 3.48. The molecule has 0 saturated carbocycles. The number of benzene rings is 1. The monoisotopic (exact) mass is 440 g/mol. The van der Waals surface area contributed by atoms with E-state index in [9.17, 15) is 10.1 Å². The highest BCUT2D eigenvalue weighted by molar-refractivity contribution is 9.10. The maximum absolute atomic E-state index is 12.6. The first-order chi connectivity index (χ1) is 13.6. The predicted molar refractivity (Wildman–Crippen MR) is 104 cm³/mol. The van der Waals surface area contributed by atoms with Gasteiger partial charge >= 0.3 is 0 Å². The van der Waals surface area contributed by atoms with Crippen LogP contribution >= 0.6 is 15.9 Å². The summed E-state index contributed by atoms with van der Waals surface area (Å²) in [6, 6.07) is 13.1. The van der Waals surface area contributed by atoms with E-state index < -0.39 is 5.92 Å². The molecule has 0 spiro atoms. The molecule has 142 valence electrons. The molecule has 0 bridgehead atoms. The highest BCUT2D eigenvalue weighted by Crippen LogP contribution is 2.43. The van der Waals surface area contributed by atoms with Crippen molar-refractivity contribution in [2.75, 3.05) is 0 Å². The number of nitriles is 1. The van der Waals surface area contributed by atoms with Gasteiger partial charge in [0.2, 0.25) is 5.88 Å². The number of ketones is 1. The zero-order valence-electron chi connectivity index (χ0n) is 14.9. The molecule has 1 atom stereocenters. The van der Waals surface area contributed by atoms with E-state index in [1.807, 2.05) is 24.3 Å². The van der Waals surface area contributed by atoms with Gasteiger partial charge in [-0.15, -0.1) is 0 Å². The normalized spacial score (nSPS) is 19.1.